The number of rotatable bonds is 11. The second kappa shape index (κ2) is 14.7. The number of methoxy groups -OCH3 is 1. The largest absolute Gasteiger partial charge is 0.493 e. The predicted octanol–water partition coefficient (Wildman–Crippen LogP) is 3.21. The lowest BCUT2D eigenvalue weighted by molar-refractivity contribution is -0.130. The summed E-state index contributed by atoms with van der Waals surface area (Å²) in [6, 6.07) is 20.2. The Bertz CT molecular complexity index is 1630. The maximum atomic E-state index is 13.9. The number of amides is 2. The maximum absolute atomic E-state index is 13.9. The molecule has 11 heteroatoms. The Kier molecular flexibility index (Phi) is 10.3. The van der Waals surface area contributed by atoms with Gasteiger partial charge in [0.15, 0.2) is 11.5 Å². The summed E-state index contributed by atoms with van der Waals surface area (Å²) in [6.45, 7) is 7.66. The van der Waals surface area contributed by atoms with Gasteiger partial charge in [0.25, 0.3) is 0 Å². The average molecular weight is 673 g/mol. The molecule has 4 N–H and O–H groups in total. The third-order valence-electron chi connectivity index (χ3n) is 9.50. The lowest BCUT2D eigenvalue weighted by atomic mass is 9.91. The summed E-state index contributed by atoms with van der Waals surface area (Å²) in [7, 11) is 1.58. The Labute approximate surface area is 288 Å². The van der Waals surface area contributed by atoms with Crippen LogP contribution < -0.4 is 29.7 Å². The van der Waals surface area contributed by atoms with Gasteiger partial charge in [-0.05, 0) is 50.3 Å². The Morgan fingerprint density at radius 1 is 1.04 bits per heavy atom. The van der Waals surface area contributed by atoms with Gasteiger partial charge in [-0.15, -0.1) is 0 Å². The molecule has 3 aromatic rings. The molecule has 2 heterocycles. The lowest BCUT2D eigenvalue weighted by Crippen LogP contribution is -2.62. The van der Waals surface area contributed by atoms with Crippen molar-refractivity contribution >= 4 is 17.5 Å². The van der Waals surface area contributed by atoms with Gasteiger partial charge in [0.2, 0.25) is 24.4 Å². The van der Waals surface area contributed by atoms with Crippen LogP contribution in [-0.2, 0) is 22.4 Å². The van der Waals surface area contributed by atoms with Gasteiger partial charge in [-0.3, -0.25) is 14.5 Å². The standard InChI is InChI=1S/C38H48N4O7/c1-38(2,3)40-37(46)30-22-41(27-19-32(47-4)35-33(20-27)48-23-49-35)14-15-42(30)21-28(43)17-26(16-24-10-6-5-7-11-24)36(45)39-34-29-13-9-8-12-25(29)18-31(34)44/h5-13,19-20,26,28,30-31,34,43-44H,14-18,21-23H2,1-4H3,(H,39,45)(H,40,46)/t26-,28-,30-,31+,34-/m0/s1. The van der Waals surface area contributed by atoms with Crippen LogP contribution in [0.5, 0.6) is 17.2 Å². The van der Waals surface area contributed by atoms with Crippen molar-refractivity contribution in [2.75, 3.05) is 45.0 Å². The highest BCUT2D eigenvalue weighted by Gasteiger charge is 2.38. The Morgan fingerprint density at radius 3 is 2.55 bits per heavy atom. The van der Waals surface area contributed by atoms with E-state index in [1.807, 2.05) is 92.4 Å². The molecule has 49 heavy (non-hydrogen) atoms. The van der Waals surface area contributed by atoms with Crippen LogP contribution in [0, 0.1) is 5.92 Å². The molecule has 1 fully saturated rings. The number of ether oxygens (including phenoxy) is 3. The van der Waals surface area contributed by atoms with E-state index < -0.39 is 35.7 Å². The second-order valence-electron chi connectivity index (χ2n) is 14.3. The number of nitrogens with zero attached hydrogens (tertiary/aromatic N) is 2. The minimum absolute atomic E-state index is 0.120. The van der Waals surface area contributed by atoms with Crippen LogP contribution >= 0.6 is 0 Å². The first-order valence-electron chi connectivity index (χ1n) is 17.1. The number of fused-ring (bicyclic) bond motifs is 2. The third-order valence-corrected chi connectivity index (χ3v) is 9.50. The zero-order chi connectivity index (χ0) is 34.7. The van der Waals surface area contributed by atoms with Crippen molar-refractivity contribution in [2.24, 2.45) is 5.92 Å². The molecule has 2 aliphatic heterocycles. The minimum Gasteiger partial charge on any atom is -0.493 e. The zero-order valence-corrected chi connectivity index (χ0v) is 28.7. The molecular formula is C38H48N4O7. The first kappa shape index (κ1) is 34.5. The summed E-state index contributed by atoms with van der Waals surface area (Å²) >= 11 is 0. The monoisotopic (exact) mass is 672 g/mol. The SMILES string of the molecule is COc1cc(N2CCN(C[C@@H](O)C[C@H](Cc3ccccc3)C(=O)N[C@H]3c4ccccc4C[C@H]3O)[C@H](C(=O)NC(C)(C)C)C2)cc2c1OCO2. The number of nitrogens with one attached hydrogen (secondary N) is 2. The van der Waals surface area contributed by atoms with Gasteiger partial charge < -0.3 is 40.0 Å². The van der Waals surface area contributed by atoms with Crippen molar-refractivity contribution in [3.05, 3.63) is 83.4 Å². The normalized spacial score (nSPS) is 21.5. The molecule has 3 aliphatic rings. The maximum Gasteiger partial charge on any atom is 0.239 e. The van der Waals surface area contributed by atoms with E-state index in [-0.39, 0.29) is 31.6 Å². The highest BCUT2D eigenvalue weighted by atomic mass is 16.7. The summed E-state index contributed by atoms with van der Waals surface area (Å²) in [6.07, 6.45) is -0.495. The van der Waals surface area contributed by atoms with Crippen LogP contribution in [0.2, 0.25) is 0 Å². The van der Waals surface area contributed by atoms with Gasteiger partial charge in [0, 0.05) is 61.9 Å². The second-order valence-corrected chi connectivity index (χ2v) is 14.3. The van der Waals surface area contributed by atoms with Gasteiger partial charge >= 0.3 is 0 Å². The van der Waals surface area contributed by atoms with Gasteiger partial charge in [-0.1, -0.05) is 54.6 Å². The van der Waals surface area contributed by atoms with Crippen molar-refractivity contribution in [1.29, 1.82) is 0 Å². The smallest absolute Gasteiger partial charge is 0.239 e. The number of hydrogen-bond acceptors (Lipinski definition) is 9. The van der Waals surface area contributed by atoms with E-state index in [0.717, 1.165) is 22.4 Å². The molecule has 11 nitrogen and oxygen atoms in total. The Morgan fingerprint density at radius 2 is 1.80 bits per heavy atom. The molecule has 1 saturated heterocycles. The number of hydrogen-bond donors (Lipinski definition) is 4. The van der Waals surface area contributed by atoms with Crippen molar-refractivity contribution in [3.8, 4) is 17.2 Å². The lowest BCUT2D eigenvalue weighted by Gasteiger charge is -2.43. The highest BCUT2D eigenvalue weighted by Crippen LogP contribution is 2.44. The van der Waals surface area contributed by atoms with Gasteiger partial charge in [0.1, 0.15) is 6.04 Å². The van der Waals surface area contributed by atoms with Crippen LogP contribution in [0.15, 0.2) is 66.7 Å². The van der Waals surface area contributed by atoms with Gasteiger partial charge in [-0.2, -0.15) is 0 Å². The molecule has 2 amide bonds. The average Bonchev–Trinajstić information content (AvgIpc) is 3.67. The number of carbonyl (C=O) groups excluding carboxylic acids is 2. The molecule has 0 radical (unpaired) electrons. The summed E-state index contributed by atoms with van der Waals surface area (Å²) < 4.78 is 16.8. The van der Waals surface area contributed by atoms with Gasteiger partial charge in [0.05, 0.1) is 25.4 Å². The quantitative estimate of drug-likeness (QED) is 0.243. The fraction of sp³-hybridized carbons (Fsp3) is 0.474. The number of benzene rings is 3. The number of aliphatic hydroxyl groups is 2. The van der Waals surface area contributed by atoms with Crippen LogP contribution in [0.4, 0.5) is 5.69 Å². The van der Waals surface area contributed by atoms with Gasteiger partial charge in [-0.25, -0.2) is 0 Å². The predicted molar refractivity (Wildman–Crippen MR) is 186 cm³/mol. The number of carbonyl (C=O) groups is 2. The van der Waals surface area contributed by atoms with E-state index in [2.05, 4.69) is 15.5 Å². The van der Waals surface area contributed by atoms with Crippen LogP contribution in [0.1, 0.15) is 49.9 Å². The van der Waals surface area contributed by atoms with Crippen LogP contribution in [0.25, 0.3) is 0 Å². The van der Waals surface area contributed by atoms with E-state index in [1.54, 1.807) is 7.11 Å². The minimum atomic E-state index is -0.887. The summed E-state index contributed by atoms with van der Waals surface area (Å²) in [5.41, 5.74) is 3.34. The Balaban J connectivity index is 1.18. The molecule has 0 unspecified atom stereocenters. The summed E-state index contributed by atoms with van der Waals surface area (Å²) in [5, 5.41) is 28.7. The molecule has 0 bridgehead atoms. The molecule has 1 aliphatic carbocycles. The fourth-order valence-corrected chi connectivity index (χ4v) is 7.15. The number of anilines is 1. The van der Waals surface area contributed by atoms with Crippen molar-refractivity contribution in [2.45, 2.75) is 69.9 Å². The summed E-state index contributed by atoms with van der Waals surface area (Å²) in [4.78, 5) is 31.8. The molecule has 0 aromatic heterocycles. The highest BCUT2D eigenvalue weighted by molar-refractivity contribution is 5.83. The number of piperazine rings is 1. The fourth-order valence-electron chi connectivity index (χ4n) is 7.15. The molecule has 262 valence electrons. The number of aliphatic hydroxyl groups excluding tert-OH is 2. The van der Waals surface area contributed by atoms with E-state index in [9.17, 15) is 19.8 Å². The molecule has 0 saturated carbocycles. The molecule has 5 atom stereocenters. The van der Waals surface area contributed by atoms with Crippen molar-refractivity contribution < 1.29 is 34.0 Å². The van der Waals surface area contributed by atoms with E-state index >= 15 is 0 Å². The first-order chi connectivity index (χ1) is 23.5. The number of β-amino-alcohol motifs (C(OH)–C–C–N with tert-alkyl or cyclic N) is 1. The molecule has 0 spiro atoms. The Hall–Kier alpha value is -4.32. The van der Waals surface area contributed by atoms with E-state index in [1.165, 1.54) is 0 Å². The van der Waals surface area contributed by atoms with E-state index in [4.69, 9.17) is 14.2 Å². The van der Waals surface area contributed by atoms with E-state index in [0.29, 0.717) is 49.7 Å². The zero-order valence-electron chi connectivity index (χ0n) is 28.7. The van der Waals surface area contributed by atoms with Crippen LogP contribution in [0.3, 0.4) is 0 Å². The molecular weight excluding hydrogens is 624 g/mol. The summed E-state index contributed by atoms with van der Waals surface area (Å²) in [5.74, 6) is 0.823. The molecule has 3 aromatic carbocycles. The first-order valence-corrected chi connectivity index (χ1v) is 17.1. The van der Waals surface area contributed by atoms with Crippen molar-refractivity contribution in [1.82, 2.24) is 15.5 Å². The van der Waals surface area contributed by atoms with Crippen molar-refractivity contribution in [3.63, 3.8) is 0 Å². The molecule has 6 rings (SSSR count). The topological polar surface area (TPSA) is 133 Å². The van der Waals surface area contributed by atoms with Crippen LogP contribution in [-0.4, -0.2) is 90.8 Å². The third kappa shape index (κ3) is 8.12.